The molecule has 4 rings (SSSR count). The summed E-state index contributed by atoms with van der Waals surface area (Å²) < 4.78 is 0. The molecule has 4 aliphatic rings. The lowest BCUT2D eigenvalue weighted by atomic mass is 9.46. The van der Waals surface area contributed by atoms with Crippen LogP contribution in [0.1, 0.15) is 58.3 Å². The maximum atomic E-state index is 12.3. The van der Waals surface area contributed by atoms with Gasteiger partial charge in [-0.15, -0.1) is 0 Å². The monoisotopic (exact) mass is 344 g/mol. The number of carbonyl (C=O) groups is 3. The van der Waals surface area contributed by atoms with E-state index >= 15 is 0 Å². The average Bonchev–Trinajstić information content (AvgIpc) is 2.98. The number of ketones is 2. The van der Waals surface area contributed by atoms with Crippen LogP contribution in [-0.4, -0.2) is 29.6 Å². The predicted molar refractivity (Wildman–Crippen MR) is 92.7 cm³/mol. The van der Waals surface area contributed by atoms with E-state index in [1.54, 1.807) is 6.08 Å². The fourth-order valence-electron chi connectivity index (χ4n) is 7.13. The highest BCUT2D eigenvalue weighted by Gasteiger charge is 2.61. The van der Waals surface area contributed by atoms with Gasteiger partial charge in [-0.25, -0.2) is 0 Å². The van der Waals surface area contributed by atoms with Crippen molar-refractivity contribution in [3.05, 3.63) is 11.6 Å². The molecule has 4 nitrogen and oxygen atoms in total. The molecule has 4 heteroatoms. The molecule has 6 atom stereocenters. The van der Waals surface area contributed by atoms with E-state index in [9.17, 15) is 19.5 Å². The molecular formula is C21H28O4. The highest BCUT2D eigenvalue weighted by molar-refractivity contribution is 5.93. The molecule has 136 valence electrons. The molecule has 1 N–H and O–H groups in total. The zero-order valence-electron chi connectivity index (χ0n) is 15.0. The zero-order chi connectivity index (χ0) is 17.8. The third-order valence-corrected chi connectivity index (χ3v) is 8.32. The number of aliphatic hydroxyl groups excluding tert-OH is 1. The molecule has 0 unspecified atom stereocenters. The Morgan fingerprint density at radius 2 is 2.00 bits per heavy atom. The second kappa shape index (κ2) is 5.87. The number of aliphatic hydroxyl groups is 1. The van der Waals surface area contributed by atoms with Crippen molar-refractivity contribution < 1.29 is 19.5 Å². The highest BCUT2D eigenvalue weighted by atomic mass is 16.3. The topological polar surface area (TPSA) is 71.4 Å². The summed E-state index contributed by atoms with van der Waals surface area (Å²) in [6.45, 7) is 1.89. The van der Waals surface area contributed by atoms with Gasteiger partial charge in [-0.1, -0.05) is 12.5 Å². The Morgan fingerprint density at radius 1 is 1.20 bits per heavy atom. The van der Waals surface area contributed by atoms with Gasteiger partial charge in [-0.3, -0.25) is 9.59 Å². The number of hydrogen-bond acceptors (Lipinski definition) is 4. The minimum Gasteiger partial charge on any atom is -0.389 e. The summed E-state index contributed by atoms with van der Waals surface area (Å²) >= 11 is 0. The molecular weight excluding hydrogens is 316 g/mol. The van der Waals surface area contributed by atoms with Crippen molar-refractivity contribution in [2.45, 2.75) is 58.3 Å². The van der Waals surface area contributed by atoms with Gasteiger partial charge in [0, 0.05) is 12.3 Å². The van der Waals surface area contributed by atoms with Crippen molar-refractivity contribution in [2.24, 2.45) is 34.5 Å². The van der Waals surface area contributed by atoms with Crippen molar-refractivity contribution in [2.75, 3.05) is 6.61 Å². The Bertz CT molecular complexity index is 650. The number of allylic oxidation sites excluding steroid dienone is 1. The maximum Gasteiger partial charge on any atom is 0.161 e. The van der Waals surface area contributed by atoms with Gasteiger partial charge in [0.1, 0.15) is 12.9 Å². The molecule has 0 aromatic heterocycles. The molecule has 0 aromatic carbocycles. The van der Waals surface area contributed by atoms with Crippen LogP contribution in [0.4, 0.5) is 0 Å². The molecule has 0 spiro atoms. The lowest BCUT2D eigenvalue weighted by molar-refractivity contribution is -0.136. The quantitative estimate of drug-likeness (QED) is 0.799. The first-order valence-electron chi connectivity index (χ1n) is 9.80. The third-order valence-electron chi connectivity index (χ3n) is 8.32. The van der Waals surface area contributed by atoms with E-state index in [-0.39, 0.29) is 29.5 Å². The van der Waals surface area contributed by atoms with Crippen LogP contribution >= 0.6 is 0 Å². The molecule has 3 fully saturated rings. The minimum atomic E-state index is -0.433. The second-order valence-corrected chi connectivity index (χ2v) is 9.01. The molecule has 4 aliphatic carbocycles. The largest absolute Gasteiger partial charge is 0.389 e. The predicted octanol–water partition coefficient (Wildman–Crippen LogP) is 2.87. The summed E-state index contributed by atoms with van der Waals surface area (Å²) in [5.74, 6) is 1.38. The van der Waals surface area contributed by atoms with E-state index in [4.69, 9.17) is 0 Å². The normalized spacial score (nSPS) is 45.8. The number of rotatable bonds is 3. The van der Waals surface area contributed by atoms with E-state index in [1.165, 1.54) is 0 Å². The van der Waals surface area contributed by atoms with Crippen molar-refractivity contribution >= 4 is 17.9 Å². The first-order chi connectivity index (χ1) is 12.0. The van der Waals surface area contributed by atoms with E-state index in [1.807, 2.05) is 0 Å². The van der Waals surface area contributed by atoms with E-state index < -0.39 is 5.41 Å². The Hall–Kier alpha value is -1.29. The molecule has 0 bridgehead atoms. The summed E-state index contributed by atoms with van der Waals surface area (Å²) in [6.07, 6.45) is 9.74. The van der Waals surface area contributed by atoms with Crippen LogP contribution in [0.3, 0.4) is 0 Å². The van der Waals surface area contributed by atoms with Gasteiger partial charge in [-0.2, -0.15) is 0 Å². The van der Waals surface area contributed by atoms with Crippen molar-refractivity contribution in [1.82, 2.24) is 0 Å². The summed E-state index contributed by atoms with van der Waals surface area (Å²) in [4.78, 5) is 36.4. The van der Waals surface area contributed by atoms with Crippen molar-refractivity contribution in [3.8, 4) is 0 Å². The van der Waals surface area contributed by atoms with Gasteiger partial charge in [-0.05, 0) is 74.2 Å². The van der Waals surface area contributed by atoms with E-state index in [0.29, 0.717) is 30.6 Å². The number of hydrogen-bond donors (Lipinski definition) is 1. The molecule has 0 aromatic rings. The fraction of sp³-hybridized carbons (Fsp3) is 0.762. The van der Waals surface area contributed by atoms with Gasteiger partial charge >= 0.3 is 0 Å². The fourth-order valence-corrected chi connectivity index (χ4v) is 7.13. The highest BCUT2D eigenvalue weighted by Crippen LogP contribution is 2.66. The van der Waals surface area contributed by atoms with Gasteiger partial charge in [0.15, 0.2) is 11.6 Å². The summed E-state index contributed by atoms with van der Waals surface area (Å²) in [5.41, 5.74) is 0.609. The SMILES string of the molecule is C[C@]12CC[C@H]3[C@@H](CCC4=CC(=O)CC[C@@]43C=O)[C@@H]1CC[C@@H]2C(=O)CO. The van der Waals surface area contributed by atoms with Crippen LogP contribution in [0.5, 0.6) is 0 Å². The molecule has 0 aliphatic heterocycles. The second-order valence-electron chi connectivity index (χ2n) is 9.01. The van der Waals surface area contributed by atoms with Crippen molar-refractivity contribution in [3.63, 3.8) is 0 Å². The maximum absolute atomic E-state index is 12.3. The Labute approximate surface area is 149 Å². The summed E-state index contributed by atoms with van der Waals surface area (Å²) in [6, 6.07) is 0. The van der Waals surface area contributed by atoms with Gasteiger partial charge in [0.25, 0.3) is 0 Å². The Balaban J connectivity index is 1.68. The van der Waals surface area contributed by atoms with E-state index in [0.717, 1.165) is 50.4 Å². The Morgan fingerprint density at radius 3 is 2.72 bits per heavy atom. The van der Waals surface area contributed by atoms with Crippen LogP contribution in [0.25, 0.3) is 0 Å². The minimum absolute atomic E-state index is 0.00629. The first-order valence-corrected chi connectivity index (χ1v) is 9.80. The van der Waals surface area contributed by atoms with Crippen LogP contribution < -0.4 is 0 Å². The average molecular weight is 344 g/mol. The van der Waals surface area contributed by atoms with Gasteiger partial charge in [0.05, 0.1) is 5.41 Å². The molecule has 0 amide bonds. The molecule has 3 saturated carbocycles. The summed E-state index contributed by atoms with van der Waals surface area (Å²) in [5, 5.41) is 9.36. The molecule has 25 heavy (non-hydrogen) atoms. The third kappa shape index (κ3) is 2.26. The number of aldehydes is 1. The number of Topliss-reactive ketones (excluding diaryl/α,β-unsaturated/α-hetero) is 1. The van der Waals surface area contributed by atoms with Crippen molar-refractivity contribution in [1.29, 1.82) is 0 Å². The molecule has 0 heterocycles. The zero-order valence-corrected chi connectivity index (χ0v) is 15.0. The molecule has 0 saturated heterocycles. The Kier molecular flexibility index (Phi) is 4.02. The van der Waals surface area contributed by atoms with Crippen LogP contribution in [-0.2, 0) is 14.4 Å². The van der Waals surface area contributed by atoms with E-state index in [2.05, 4.69) is 6.92 Å². The summed E-state index contributed by atoms with van der Waals surface area (Å²) in [7, 11) is 0. The lowest BCUT2D eigenvalue weighted by Crippen LogP contribution is -2.52. The standard InChI is InChI=1S/C21H28O4/c1-20-8-7-17-15(16(20)4-5-18(20)19(25)11-22)3-2-13-10-14(24)6-9-21(13,17)12-23/h10,12,15-18,22H,2-9,11H2,1H3/t15-,16-,17-,18+,20-,21+/m0/s1. The van der Waals surface area contributed by atoms with Gasteiger partial charge < -0.3 is 9.90 Å². The van der Waals surface area contributed by atoms with Gasteiger partial charge in [0.2, 0.25) is 0 Å². The van der Waals surface area contributed by atoms with Crippen LogP contribution in [0.2, 0.25) is 0 Å². The van der Waals surface area contributed by atoms with Crippen LogP contribution in [0.15, 0.2) is 11.6 Å². The number of fused-ring (bicyclic) bond motifs is 5. The molecule has 0 radical (unpaired) electrons. The smallest absolute Gasteiger partial charge is 0.161 e. The first kappa shape index (κ1) is 17.1. The lowest BCUT2D eigenvalue weighted by Gasteiger charge is -2.57. The van der Waals surface area contributed by atoms with Crippen LogP contribution in [0, 0.1) is 34.5 Å². The number of carbonyl (C=O) groups excluding carboxylic acids is 3.